The minimum Gasteiger partial charge on any atom is -0.479 e. The zero-order chi connectivity index (χ0) is 21.1. The summed E-state index contributed by atoms with van der Waals surface area (Å²) in [4.78, 5) is 38.8. The summed E-state index contributed by atoms with van der Waals surface area (Å²) in [5.74, 6) is -0.106. The maximum absolute atomic E-state index is 12.8. The van der Waals surface area contributed by atoms with E-state index in [4.69, 9.17) is 4.74 Å². The molecule has 0 unspecified atom stereocenters. The lowest BCUT2D eigenvalue weighted by Crippen LogP contribution is -2.45. The standard InChI is InChI=1S/C22H24N4O4/c1-14-20(27)25-18-12-17(9-10-19(18)30-14)23-21(28)15-6-5-11-26(13-15)22(29)24-16-7-3-2-4-8-16/h2-4,7-10,12,14-15H,5-6,11,13H2,1H3,(H,23,28)(H,24,29)(H,25,27)/t14-,15-/m1/s1. The maximum atomic E-state index is 12.8. The fourth-order valence-corrected chi connectivity index (χ4v) is 3.63. The topological polar surface area (TPSA) is 99.8 Å². The molecule has 2 atom stereocenters. The lowest BCUT2D eigenvalue weighted by atomic mass is 9.97. The molecule has 1 saturated heterocycles. The van der Waals surface area contributed by atoms with Gasteiger partial charge in [0, 0.05) is 24.5 Å². The van der Waals surface area contributed by atoms with Gasteiger partial charge in [-0.1, -0.05) is 18.2 Å². The number of carbonyl (C=O) groups is 3. The average molecular weight is 408 g/mol. The van der Waals surface area contributed by atoms with E-state index in [9.17, 15) is 14.4 Å². The summed E-state index contributed by atoms with van der Waals surface area (Å²) in [6.07, 6.45) is 0.920. The van der Waals surface area contributed by atoms with Gasteiger partial charge in [0.15, 0.2) is 6.10 Å². The minimum absolute atomic E-state index is 0.149. The molecule has 0 spiro atoms. The summed E-state index contributed by atoms with van der Waals surface area (Å²) in [5.41, 5.74) is 1.83. The summed E-state index contributed by atoms with van der Waals surface area (Å²) in [6, 6.07) is 14.2. The average Bonchev–Trinajstić information content (AvgIpc) is 2.75. The summed E-state index contributed by atoms with van der Waals surface area (Å²) in [5, 5.41) is 8.53. The minimum atomic E-state index is -0.548. The second kappa shape index (κ2) is 8.44. The third kappa shape index (κ3) is 4.37. The Bertz CT molecular complexity index is 963. The highest BCUT2D eigenvalue weighted by molar-refractivity contribution is 5.99. The Balaban J connectivity index is 1.37. The van der Waals surface area contributed by atoms with Crippen LogP contribution < -0.4 is 20.7 Å². The number of hydrogen-bond donors (Lipinski definition) is 3. The van der Waals surface area contributed by atoms with Crippen molar-refractivity contribution >= 4 is 34.9 Å². The number of rotatable bonds is 3. The molecule has 3 N–H and O–H groups in total. The van der Waals surface area contributed by atoms with Crippen molar-refractivity contribution in [2.24, 2.45) is 5.92 Å². The molecule has 4 rings (SSSR count). The highest BCUT2D eigenvalue weighted by Gasteiger charge is 2.29. The van der Waals surface area contributed by atoms with Crippen molar-refractivity contribution in [2.75, 3.05) is 29.0 Å². The van der Waals surface area contributed by atoms with E-state index in [1.807, 2.05) is 30.3 Å². The number of benzene rings is 2. The zero-order valence-electron chi connectivity index (χ0n) is 16.7. The number of nitrogens with zero attached hydrogens (tertiary/aromatic N) is 1. The molecule has 2 aliphatic heterocycles. The number of hydrogen-bond acceptors (Lipinski definition) is 4. The number of likely N-dealkylation sites (tertiary alicyclic amines) is 1. The third-order valence-corrected chi connectivity index (χ3v) is 5.28. The molecule has 0 radical (unpaired) electrons. The van der Waals surface area contributed by atoms with Gasteiger partial charge in [-0.05, 0) is 50.1 Å². The Labute approximate surface area is 174 Å². The first-order chi connectivity index (χ1) is 14.5. The van der Waals surface area contributed by atoms with Gasteiger partial charge >= 0.3 is 6.03 Å². The normalized spacial score (nSPS) is 20.4. The summed E-state index contributed by atoms with van der Waals surface area (Å²) < 4.78 is 5.53. The van der Waals surface area contributed by atoms with Crippen LogP contribution in [0.2, 0.25) is 0 Å². The maximum Gasteiger partial charge on any atom is 0.321 e. The highest BCUT2D eigenvalue weighted by atomic mass is 16.5. The molecule has 0 aliphatic carbocycles. The zero-order valence-corrected chi connectivity index (χ0v) is 16.7. The molecule has 2 aliphatic rings. The number of ether oxygens (including phenoxy) is 1. The van der Waals surface area contributed by atoms with E-state index in [-0.39, 0.29) is 23.8 Å². The number of carbonyl (C=O) groups excluding carboxylic acids is 3. The largest absolute Gasteiger partial charge is 0.479 e. The van der Waals surface area contributed by atoms with Gasteiger partial charge in [0.25, 0.3) is 5.91 Å². The monoisotopic (exact) mass is 408 g/mol. The van der Waals surface area contributed by atoms with Crippen molar-refractivity contribution < 1.29 is 19.1 Å². The quantitative estimate of drug-likeness (QED) is 0.726. The van der Waals surface area contributed by atoms with Crippen LogP contribution in [-0.4, -0.2) is 41.9 Å². The number of anilines is 3. The van der Waals surface area contributed by atoms with Crippen LogP contribution in [0.25, 0.3) is 0 Å². The van der Waals surface area contributed by atoms with Crippen molar-refractivity contribution in [3.8, 4) is 5.75 Å². The van der Waals surface area contributed by atoms with Gasteiger partial charge < -0.3 is 25.6 Å². The molecule has 2 heterocycles. The number of fused-ring (bicyclic) bond motifs is 1. The van der Waals surface area contributed by atoms with Crippen LogP contribution in [0.1, 0.15) is 19.8 Å². The molecule has 0 aromatic heterocycles. The molecule has 2 aromatic rings. The van der Waals surface area contributed by atoms with Crippen LogP contribution in [0.3, 0.4) is 0 Å². The summed E-state index contributed by atoms with van der Waals surface area (Å²) in [7, 11) is 0. The van der Waals surface area contributed by atoms with Crippen LogP contribution in [-0.2, 0) is 9.59 Å². The van der Waals surface area contributed by atoms with Crippen molar-refractivity contribution in [3.05, 3.63) is 48.5 Å². The van der Waals surface area contributed by atoms with Crippen molar-refractivity contribution in [1.29, 1.82) is 0 Å². The molecule has 0 saturated carbocycles. The van der Waals surface area contributed by atoms with Gasteiger partial charge in [-0.15, -0.1) is 0 Å². The van der Waals surface area contributed by atoms with Crippen molar-refractivity contribution in [2.45, 2.75) is 25.9 Å². The SMILES string of the molecule is C[C@H]1Oc2ccc(NC(=O)[C@@H]3CCCN(C(=O)Nc4ccccc4)C3)cc2NC1=O. The molecular weight excluding hydrogens is 384 g/mol. The van der Waals surface area contributed by atoms with E-state index in [1.165, 1.54) is 0 Å². The highest BCUT2D eigenvalue weighted by Crippen LogP contribution is 2.32. The first-order valence-corrected chi connectivity index (χ1v) is 10.0. The van der Waals surface area contributed by atoms with Crippen molar-refractivity contribution in [1.82, 2.24) is 4.90 Å². The predicted molar refractivity (Wildman–Crippen MR) is 114 cm³/mol. The first kappa shape index (κ1) is 19.8. The molecule has 2 aromatic carbocycles. The number of amides is 4. The second-order valence-corrected chi connectivity index (χ2v) is 7.53. The Morgan fingerprint density at radius 3 is 2.70 bits per heavy atom. The van der Waals surface area contributed by atoms with Crippen LogP contribution >= 0.6 is 0 Å². The van der Waals surface area contributed by atoms with Crippen LogP contribution in [0.15, 0.2) is 48.5 Å². The van der Waals surface area contributed by atoms with E-state index in [0.717, 1.165) is 12.1 Å². The fraction of sp³-hybridized carbons (Fsp3) is 0.318. The van der Waals surface area contributed by atoms with E-state index >= 15 is 0 Å². The Kier molecular flexibility index (Phi) is 5.56. The van der Waals surface area contributed by atoms with Gasteiger partial charge in [0.1, 0.15) is 5.75 Å². The summed E-state index contributed by atoms with van der Waals surface area (Å²) in [6.45, 7) is 2.65. The molecule has 4 amide bonds. The molecule has 8 nitrogen and oxygen atoms in total. The number of nitrogens with one attached hydrogen (secondary N) is 3. The second-order valence-electron chi connectivity index (χ2n) is 7.53. The van der Waals surface area contributed by atoms with Gasteiger partial charge in [-0.25, -0.2) is 4.79 Å². The Morgan fingerprint density at radius 2 is 1.90 bits per heavy atom. The van der Waals surface area contributed by atoms with E-state index in [1.54, 1.807) is 30.0 Å². The first-order valence-electron chi connectivity index (χ1n) is 10.0. The number of para-hydroxylation sites is 1. The summed E-state index contributed by atoms with van der Waals surface area (Å²) >= 11 is 0. The fourth-order valence-electron chi connectivity index (χ4n) is 3.63. The smallest absolute Gasteiger partial charge is 0.321 e. The number of piperidine rings is 1. The van der Waals surface area contributed by atoms with Gasteiger partial charge in [0.05, 0.1) is 11.6 Å². The molecule has 30 heavy (non-hydrogen) atoms. The molecule has 8 heteroatoms. The third-order valence-electron chi connectivity index (χ3n) is 5.28. The van der Waals surface area contributed by atoms with Gasteiger partial charge in [0.2, 0.25) is 5.91 Å². The van der Waals surface area contributed by atoms with E-state index < -0.39 is 6.10 Å². The lowest BCUT2D eigenvalue weighted by molar-refractivity contribution is -0.123. The van der Waals surface area contributed by atoms with Gasteiger partial charge in [-0.2, -0.15) is 0 Å². The van der Waals surface area contributed by atoms with E-state index in [0.29, 0.717) is 36.6 Å². The molecule has 156 valence electrons. The predicted octanol–water partition coefficient (Wildman–Crippen LogP) is 3.29. The van der Waals surface area contributed by atoms with Crippen LogP contribution in [0.5, 0.6) is 5.75 Å². The Hall–Kier alpha value is -3.55. The Morgan fingerprint density at radius 1 is 1.10 bits per heavy atom. The molecule has 1 fully saturated rings. The number of urea groups is 1. The van der Waals surface area contributed by atoms with Crippen molar-refractivity contribution in [3.63, 3.8) is 0 Å². The lowest BCUT2D eigenvalue weighted by Gasteiger charge is -2.32. The van der Waals surface area contributed by atoms with Gasteiger partial charge in [-0.3, -0.25) is 9.59 Å². The molecule has 0 bridgehead atoms. The molecular formula is C22H24N4O4. The van der Waals surface area contributed by atoms with E-state index in [2.05, 4.69) is 16.0 Å². The van der Waals surface area contributed by atoms with Crippen LogP contribution in [0.4, 0.5) is 21.9 Å². The van der Waals surface area contributed by atoms with Crippen LogP contribution in [0, 0.1) is 5.92 Å².